The molecule has 2 aliphatic heterocycles. The SMILES string of the molecule is COc1ccc(C2CC(c3ccccc3)=NN2C(=O)CCC(=O)N2CCC(C)CC2)cc1. The van der Waals surface area contributed by atoms with Gasteiger partial charge in [-0.15, -0.1) is 0 Å². The van der Waals surface area contributed by atoms with Crippen molar-refractivity contribution in [3.8, 4) is 5.75 Å². The van der Waals surface area contributed by atoms with Crippen LogP contribution in [0.5, 0.6) is 5.75 Å². The molecule has 1 fully saturated rings. The zero-order chi connectivity index (χ0) is 22.5. The maximum Gasteiger partial charge on any atom is 0.243 e. The normalized spacial score (nSPS) is 19.1. The van der Waals surface area contributed by atoms with E-state index in [2.05, 4.69) is 6.92 Å². The van der Waals surface area contributed by atoms with Gasteiger partial charge in [-0.2, -0.15) is 5.10 Å². The van der Waals surface area contributed by atoms with Crippen LogP contribution in [0.2, 0.25) is 0 Å². The Morgan fingerprint density at radius 2 is 1.62 bits per heavy atom. The van der Waals surface area contributed by atoms with E-state index in [9.17, 15) is 9.59 Å². The molecule has 0 aromatic heterocycles. The van der Waals surface area contributed by atoms with Crippen LogP contribution in [0, 0.1) is 5.92 Å². The Hall–Kier alpha value is -3.15. The van der Waals surface area contributed by atoms with E-state index in [0.717, 1.165) is 48.5 Å². The molecule has 168 valence electrons. The molecule has 2 aromatic carbocycles. The zero-order valence-corrected chi connectivity index (χ0v) is 18.9. The van der Waals surface area contributed by atoms with E-state index in [1.54, 1.807) is 12.1 Å². The molecule has 1 unspecified atom stereocenters. The molecule has 2 heterocycles. The zero-order valence-electron chi connectivity index (χ0n) is 18.9. The van der Waals surface area contributed by atoms with E-state index in [0.29, 0.717) is 12.3 Å². The van der Waals surface area contributed by atoms with E-state index < -0.39 is 0 Å². The first-order chi connectivity index (χ1) is 15.5. The van der Waals surface area contributed by atoms with Gasteiger partial charge in [0.25, 0.3) is 0 Å². The second-order valence-electron chi connectivity index (χ2n) is 8.71. The number of likely N-dealkylation sites (tertiary alicyclic amines) is 1. The minimum atomic E-state index is -0.186. The number of hydrogen-bond acceptors (Lipinski definition) is 4. The number of nitrogens with zero attached hydrogens (tertiary/aromatic N) is 3. The summed E-state index contributed by atoms with van der Waals surface area (Å²) in [5, 5.41) is 6.28. The van der Waals surface area contributed by atoms with Crippen LogP contribution in [0.15, 0.2) is 59.7 Å². The molecule has 2 aliphatic rings. The predicted octanol–water partition coefficient (Wildman–Crippen LogP) is 4.41. The first-order valence-corrected chi connectivity index (χ1v) is 11.4. The van der Waals surface area contributed by atoms with Crippen LogP contribution in [-0.4, -0.2) is 47.6 Å². The van der Waals surface area contributed by atoms with E-state index in [1.807, 2.05) is 59.5 Å². The molecule has 0 bridgehead atoms. The Kier molecular flexibility index (Phi) is 6.88. The topological polar surface area (TPSA) is 62.2 Å². The molecule has 0 aliphatic carbocycles. The smallest absolute Gasteiger partial charge is 0.243 e. The number of piperidine rings is 1. The van der Waals surface area contributed by atoms with Gasteiger partial charge in [0.1, 0.15) is 5.75 Å². The van der Waals surface area contributed by atoms with Gasteiger partial charge in [0.2, 0.25) is 11.8 Å². The third-order valence-electron chi connectivity index (χ3n) is 6.46. The second kappa shape index (κ2) is 9.98. The number of carbonyl (C=O) groups excluding carboxylic acids is 2. The van der Waals surface area contributed by atoms with Crippen molar-refractivity contribution in [2.45, 2.75) is 45.1 Å². The number of carbonyl (C=O) groups is 2. The number of methoxy groups -OCH3 is 1. The summed E-state index contributed by atoms with van der Waals surface area (Å²) in [5.41, 5.74) is 2.90. The van der Waals surface area contributed by atoms with E-state index in [-0.39, 0.29) is 30.7 Å². The van der Waals surface area contributed by atoms with Crippen LogP contribution in [-0.2, 0) is 9.59 Å². The van der Waals surface area contributed by atoms with E-state index >= 15 is 0 Å². The highest BCUT2D eigenvalue weighted by Crippen LogP contribution is 2.34. The van der Waals surface area contributed by atoms with Crippen molar-refractivity contribution in [2.24, 2.45) is 11.0 Å². The summed E-state index contributed by atoms with van der Waals surface area (Å²) in [6.45, 7) is 3.81. The summed E-state index contributed by atoms with van der Waals surface area (Å²) in [4.78, 5) is 27.7. The number of rotatable bonds is 6. The summed E-state index contributed by atoms with van der Waals surface area (Å²) < 4.78 is 5.27. The van der Waals surface area contributed by atoms with Crippen LogP contribution in [0.4, 0.5) is 0 Å². The van der Waals surface area contributed by atoms with Gasteiger partial charge in [-0.1, -0.05) is 49.4 Å². The highest BCUT2D eigenvalue weighted by molar-refractivity contribution is 6.03. The van der Waals surface area contributed by atoms with Crippen LogP contribution < -0.4 is 4.74 Å². The summed E-state index contributed by atoms with van der Waals surface area (Å²) in [6, 6.07) is 17.5. The molecular formula is C26H31N3O3. The number of amides is 2. The monoisotopic (exact) mass is 433 g/mol. The lowest BCUT2D eigenvalue weighted by atomic mass is 9.98. The van der Waals surface area contributed by atoms with Gasteiger partial charge in [-0.3, -0.25) is 9.59 Å². The van der Waals surface area contributed by atoms with Gasteiger partial charge in [-0.05, 0) is 42.0 Å². The number of hydrogen-bond donors (Lipinski definition) is 0. The Morgan fingerprint density at radius 3 is 2.28 bits per heavy atom. The Balaban J connectivity index is 1.48. The Bertz CT molecular complexity index is 964. The Morgan fingerprint density at radius 1 is 0.969 bits per heavy atom. The average Bonchev–Trinajstić information content (AvgIpc) is 3.29. The van der Waals surface area contributed by atoms with Crippen molar-refractivity contribution in [1.29, 1.82) is 0 Å². The molecule has 1 atom stereocenters. The van der Waals surface area contributed by atoms with Gasteiger partial charge < -0.3 is 9.64 Å². The number of hydrazone groups is 1. The van der Waals surface area contributed by atoms with Crippen molar-refractivity contribution in [3.63, 3.8) is 0 Å². The molecule has 0 N–H and O–H groups in total. The molecule has 6 heteroatoms. The van der Waals surface area contributed by atoms with Crippen LogP contribution in [0.25, 0.3) is 0 Å². The number of ether oxygens (including phenoxy) is 1. The molecule has 2 aromatic rings. The lowest BCUT2D eigenvalue weighted by molar-refractivity contribution is -0.138. The maximum absolute atomic E-state index is 13.2. The van der Waals surface area contributed by atoms with Gasteiger partial charge >= 0.3 is 0 Å². The van der Waals surface area contributed by atoms with Crippen LogP contribution >= 0.6 is 0 Å². The van der Waals surface area contributed by atoms with Gasteiger partial charge in [0, 0.05) is 32.4 Å². The highest BCUT2D eigenvalue weighted by Gasteiger charge is 2.33. The molecule has 0 radical (unpaired) electrons. The molecule has 4 rings (SSSR count). The van der Waals surface area contributed by atoms with Crippen molar-refractivity contribution in [1.82, 2.24) is 9.91 Å². The minimum absolute atomic E-state index is 0.0673. The summed E-state index contributed by atoms with van der Waals surface area (Å²) >= 11 is 0. The third kappa shape index (κ3) is 5.01. The third-order valence-corrected chi connectivity index (χ3v) is 6.46. The fourth-order valence-electron chi connectivity index (χ4n) is 4.38. The molecule has 1 saturated heterocycles. The summed E-state index contributed by atoms with van der Waals surface area (Å²) in [7, 11) is 1.64. The largest absolute Gasteiger partial charge is 0.497 e. The van der Waals surface area contributed by atoms with Gasteiger partial charge in [-0.25, -0.2) is 5.01 Å². The second-order valence-corrected chi connectivity index (χ2v) is 8.71. The molecule has 2 amide bonds. The molecule has 32 heavy (non-hydrogen) atoms. The lowest BCUT2D eigenvalue weighted by Gasteiger charge is -2.30. The Labute approximate surface area is 189 Å². The van der Waals surface area contributed by atoms with Crippen molar-refractivity contribution in [2.75, 3.05) is 20.2 Å². The predicted molar refractivity (Wildman–Crippen MR) is 124 cm³/mol. The van der Waals surface area contributed by atoms with E-state index in [4.69, 9.17) is 9.84 Å². The maximum atomic E-state index is 13.2. The average molecular weight is 434 g/mol. The van der Waals surface area contributed by atoms with Gasteiger partial charge in [0.15, 0.2) is 0 Å². The first kappa shape index (κ1) is 22.1. The highest BCUT2D eigenvalue weighted by atomic mass is 16.5. The quantitative estimate of drug-likeness (QED) is 0.678. The molecule has 0 saturated carbocycles. The standard InChI is InChI=1S/C26H31N3O3/c1-19-14-16-28(17-15-19)25(30)12-13-26(31)29-24(21-8-10-22(32-2)11-9-21)18-23(27-29)20-6-4-3-5-7-20/h3-11,19,24H,12-18H2,1-2H3. The molecule has 0 spiro atoms. The molecule has 6 nitrogen and oxygen atoms in total. The summed E-state index contributed by atoms with van der Waals surface area (Å²) in [6.07, 6.45) is 3.12. The lowest BCUT2D eigenvalue weighted by Crippen LogP contribution is -2.38. The van der Waals surface area contributed by atoms with E-state index in [1.165, 1.54) is 0 Å². The van der Waals surface area contributed by atoms with Crippen molar-refractivity contribution in [3.05, 3.63) is 65.7 Å². The number of benzene rings is 2. The fourth-order valence-corrected chi connectivity index (χ4v) is 4.38. The first-order valence-electron chi connectivity index (χ1n) is 11.4. The summed E-state index contributed by atoms with van der Waals surface area (Å²) in [5.74, 6) is 1.39. The van der Waals surface area contributed by atoms with Crippen molar-refractivity contribution >= 4 is 17.5 Å². The fraction of sp³-hybridized carbons (Fsp3) is 0.423. The van der Waals surface area contributed by atoms with Gasteiger partial charge in [0.05, 0.1) is 18.9 Å². The van der Waals surface area contributed by atoms with Crippen LogP contribution in [0.3, 0.4) is 0 Å². The minimum Gasteiger partial charge on any atom is -0.497 e. The van der Waals surface area contributed by atoms with Crippen molar-refractivity contribution < 1.29 is 14.3 Å². The van der Waals surface area contributed by atoms with Crippen LogP contribution in [0.1, 0.15) is 56.2 Å². The molecular weight excluding hydrogens is 402 g/mol.